The fourth-order valence-corrected chi connectivity index (χ4v) is 4.01. The number of rotatable bonds is 7. The maximum absolute atomic E-state index is 11.0. The van der Waals surface area contributed by atoms with Crippen LogP contribution in [0, 0.1) is 12.3 Å². The van der Waals surface area contributed by atoms with E-state index in [0.29, 0.717) is 5.82 Å². The number of anilines is 1. The Kier molecular flexibility index (Phi) is 6.56. The van der Waals surface area contributed by atoms with E-state index in [9.17, 15) is 5.11 Å². The maximum atomic E-state index is 11.0. The quantitative estimate of drug-likeness (QED) is 0.601. The summed E-state index contributed by atoms with van der Waals surface area (Å²) in [5.41, 5.74) is 3.23. The van der Waals surface area contributed by atoms with Crippen molar-refractivity contribution in [3.05, 3.63) is 77.9 Å². The molecule has 4 rings (SSSR count). The van der Waals surface area contributed by atoms with Crippen molar-refractivity contribution in [2.24, 2.45) is 7.05 Å². The molecule has 1 aliphatic rings. The van der Waals surface area contributed by atoms with Crippen molar-refractivity contribution in [2.75, 3.05) is 37.7 Å². The average Bonchev–Trinajstić information content (AvgIpc) is 3.24. The Hall–Kier alpha value is -3.27. The molecule has 1 fully saturated rings. The highest BCUT2D eigenvalue weighted by atomic mass is 16.5. The van der Waals surface area contributed by atoms with Gasteiger partial charge in [-0.05, 0) is 23.8 Å². The zero-order valence-corrected chi connectivity index (χ0v) is 17.8. The van der Waals surface area contributed by atoms with Gasteiger partial charge in [0.25, 0.3) is 0 Å². The lowest BCUT2D eigenvalue weighted by molar-refractivity contribution is 0.205. The summed E-state index contributed by atoms with van der Waals surface area (Å²) in [6, 6.07) is 16.2. The van der Waals surface area contributed by atoms with Gasteiger partial charge < -0.3 is 19.3 Å². The van der Waals surface area contributed by atoms with E-state index in [0.717, 1.165) is 49.7 Å². The third-order valence-electron chi connectivity index (χ3n) is 5.70. The first-order valence-electron chi connectivity index (χ1n) is 10.5. The Labute approximate surface area is 183 Å². The molecule has 0 aliphatic carbocycles. The lowest BCUT2D eigenvalue weighted by atomic mass is 10.0. The van der Waals surface area contributed by atoms with Crippen molar-refractivity contribution in [2.45, 2.75) is 12.6 Å². The number of imidazole rings is 1. The largest absolute Gasteiger partial charge is 0.481 e. The Bertz CT molecular complexity index is 1030. The molecular weight excluding hydrogens is 388 g/mol. The highest BCUT2D eigenvalue weighted by Gasteiger charge is 2.24. The molecular formula is C25H28N4O2. The van der Waals surface area contributed by atoms with Crippen molar-refractivity contribution in [3.8, 4) is 18.1 Å². The number of aryl methyl sites for hydroxylation is 1. The summed E-state index contributed by atoms with van der Waals surface area (Å²) < 4.78 is 7.31. The predicted octanol–water partition coefficient (Wildman–Crippen LogP) is 2.84. The Morgan fingerprint density at radius 2 is 1.84 bits per heavy atom. The minimum atomic E-state index is -0.746. The molecule has 1 aromatic heterocycles. The third kappa shape index (κ3) is 4.91. The van der Waals surface area contributed by atoms with Crippen LogP contribution in [0.25, 0.3) is 0 Å². The van der Waals surface area contributed by atoms with Crippen molar-refractivity contribution in [3.63, 3.8) is 0 Å². The van der Waals surface area contributed by atoms with E-state index in [-0.39, 0.29) is 6.61 Å². The minimum absolute atomic E-state index is 0.289. The number of benzene rings is 2. The number of para-hydroxylation sites is 1. The first-order chi connectivity index (χ1) is 15.2. The number of hydrogen-bond acceptors (Lipinski definition) is 5. The van der Waals surface area contributed by atoms with Gasteiger partial charge in [0, 0.05) is 63.4 Å². The van der Waals surface area contributed by atoms with Gasteiger partial charge in [-0.15, -0.1) is 6.42 Å². The second-order valence-corrected chi connectivity index (χ2v) is 7.76. The van der Waals surface area contributed by atoms with E-state index in [1.54, 1.807) is 6.20 Å². The normalized spacial score (nSPS) is 15.5. The van der Waals surface area contributed by atoms with Gasteiger partial charge in [-0.1, -0.05) is 36.3 Å². The lowest BCUT2D eigenvalue weighted by Gasteiger charge is -2.37. The van der Waals surface area contributed by atoms with Gasteiger partial charge in [0.1, 0.15) is 24.3 Å². The molecule has 1 aliphatic heterocycles. The van der Waals surface area contributed by atoms with E-state index >= 15 is 0 Å². The molecule has 160 valence electrons. The van der Waals surface area contributed by atoms with Crippen molar-refractivity contribution < 1.29 is 9.84 Å². The van der Waals surface area contributed by atoms with Gasteiger partial charge in [-0.3, -0.25) is 4.90 Å². The second kappa shape index (κ2) is 9.69. The summed E-state index contributed by atoms with van der Waals surface area (Å²) in [6.45, 7) is 4.93. The maximum Gasteiger partial charge on any atom is 0.148 e. The van der Waals surface area contributed by atoms with Crippen LogP contribution in [-0.4, -0.2) is 52.3 Å². The van der Waals surface area contributed by atoms with Crippen LogP contribution >= 0.6 is 0 Å². The summed E-state index contributed by atoms with van der Waals surface area (Å²) in [4.78, 5) is 9.13. The van der Waals surface area contributed by atoms with Crippen LogP contribution in [0.2, 0.25) is 0 Å². The van der Waals surface area contributed by atoms with E-state index in [1.165, 1.54) is 5.56 Å². The number of hydrogen-bond donors (Lipinski definition) is 1. The van der Waals surface area contributed by atoms with Gasteiger partial charge in [0.15, 0.2) is 0 Å². The fraction of sp³-hybridized carbons (Fsp3) is 0.320. The topological polar surface area (TPSA) is 53.8 Å². The SMILES string of the molecule is C#CCOc1ccc(CN2CCN(c3ccccc3C(O)c3nccn3C)CC2)cc1. The summed E-state index contributed by atoms with van der Waals surface area (Å²) in [5.74, 6) is 3.93. The number of terminal acetylenes is 1. The van der Waals surface area contributed by atoms with E-state index in [1.807, 2.05) is 48.1 Å². The summed E-state index contributed by atoms with van der Waals surface area (Å²) in [6.07, 6.45) is 8.06. The van der Waals surface area contributed by atoms with E-state index in [2.05, 4.69) is 38.9 Å². The highest BCUT2D eigenvalue weighted by molar-refractivity contribution is 5.56. The molecule has 0 radical (unpaired) electrons. The van der Waals surface area contributed by atoms with Gasteiger partial charge in [-0.25, -0.2) is 4.98 Å². The number of aromatic nitrogens is 2. The van der Waals surface area contributed by atoms with Gasteiger partial charge >= 0.3 is 0 Å². The number of aliphatic hydroxyl groups is 1. The number of ether oxygens (including phenoxy) is 1. The molecule has 2 heterocycles. The summed E-state index contributed by atoms with van der Waals surface area (Å²) >= 11 is 0. The molecule has 2 aromatic carbocycles. The molecule has 3 aromatic rings. The Balaban J connectivity index is 1.38. The van der Waals surface area contributed by atoms with Crippen molar-refractivity contribution in [1.29, 1.82) is 0 Å². The molecule has 0 amide bonds. The predicted molar refractivity (Wildman–Crippen MR) is 122 cm³/mol. The minimum Gasteiger partial charge on any atom is -0.481 e. The molecule has 0 saturated carbocycles. The average molecular weight is 417 g/mol. The second-order valence-electron chi connectivity index (χ2n) is 7.76. The van der Waals surface area contributed by atoms with Crippen LogP contribution < -0.4 is 9.64 Å². The van der Waals surface area contributed by atoms with E-state index in [4.69, 9.17) is 11.2 Å². The Morgan fingerprint density at radius 3 is 2.52 bits per heavy atom. The highest BCUT2D eigenvalue weighted by Crippen LogP contribution is 2.30. The molecule has 1 saturated heterocycles. The molecule has 0 spiro atoms. The molecule has 1 N–H and O–H groups in total. The van der Waals surface area contributed by atoms with Gasteiger partial charge in [-0.2, -0.15) is 0 Å². The summed E-state index contributed by atoms with van der Waals surface area (Å²) in [7, 11) is 1.90. The Morgan fingerprint density at radius 1 is 1.10 bits per heavy atom. The van der Waals surface area contributed by atoms with Crippen LogP contribution in [-0.2, 0) is 13.6 Å². The van der Waals surface area contributed by atoms with Gasteiger partial charge in [0.05, 0.1) is 0 Å². The first-order valence-corrected chi connectivity index (χ1v) is 10.5. The number of aliphatic hydroxyl groups excluding tert-OH is 1. The van der Waals surface area contributed by atoms with Crippen LogP contribution in [0.1, 0.15) is 23.1 Å². The molecule has 6 nitrogen and oxygen atoms in total. The zero-order chi connectivity index (χ0) is 21.6. The van der Waals surface area contributed by atoms with Crippen molar-refractivity contribution >= 4 is 5.69 Å². The van der Waals surface area contributed by atoms with Gasteiger partial charge in [0.2, 0.25) is 0 Å². The van der Waals surface area contributed by atoms with Crippen LogP contribution in [0.5, 0.6) is 5.75 Å². The monoisotopic (exact) mass is 416 g/mol. The molecule has 1 unspecified atom stereocenters. The molecule has 6 heteroatoms. The first kappa shape index (κ1) is 21.0. The van der Waals surface area contributed by atoms with Crippen LogP contribution in [0.15, 0.2) is 60.9 Å². The summed E-state index contributed by atoms with van der Waals surface area (Å²) in [5, 5.41) is 11.0. The van der Waals surface area contributed by atoms with E-state index < -0.39 is 6.10 Å². The smallest absolute Gasteiger partial charge is 0.148 e. The van der Waals surface area contributed by atoms with Crippen LogP contribution in [0.3, 0.4) is 0 Å². The zero-order valence-electron chi connectivity index (χ0n) is 17.8. The standard InChI is InChI=1S/C25H28N4O2/c1-3-18-31-21-10-8-20(9-11-21)19-28-14-16-29(17-15-28)23-7-5-4-6-22(23)24(30)25-26-12-13-27(25)2/h1,4-13,24,30H,14-19H2,2H3. The number of piperazine rings is 1. The third-order valence-corrected chi connectivity index (χ3v) is 5.70. The van der Waals surface area contributed by atoms with Crippen molar-refractivity contribution in [1.82, 2.24) is 14.5 Å². The molecule has 0 bridgehead atoms. The molecule has 1 atom stereocenters. The lowest BCUT2D eigenvalue weighted by Crippen LogP contribution is -2.46. The molecule has 31 heavy (non-hydrogen) atoms. The van der Waals surface area contributed by atoms with Crippen LogP contribution in [0.4, 0.5) is 5.69 Å². The number of nitrogens with zero attached hydrogens (tertiary/aromatic N) is 4. The fourth-order valence-electron chi connectivity index (χ4n) is 4.01.